The van der Waals surface area contributed by atoms with Gasteiger partial charge in [0.25, 0.3) is 11.6 Å². The molecule has 7 nitrogen and oxygen atoms in total. The maximum Gasteiger partial charge on any atom is 0.406 e. The lowest BCUT2D eigenvalue weighted by atomic mass is 10.1. The van der Waals surface area contributed by atoms with Crippen molar-refractivity contribution in [2.45, 2.75) is 19.3 Å². The van der Waals surface area contributed by atoms with Crippen LogP contribution >= 0.6 is 11.3 Å². The average Bonchev–Trinajstić information content (AvgIpc) is 3.24. The fraction of sp³-hybridized carbons (Fsp3) is 0.200. The Hall–Kier alpha value is -3.47. The van der Waals surface area contributed by atoms with Gasteiger partial charge in [-0.1, -0.05) is 24.3 Å². The van der Waals surface area contributed by atoms with Gasteiger partial charge >= 0.3 is 6.18 Å². The number of rotatable bonds is 8. The minimum absolute atomic E-state index is 0.000960. The van der Waals surface area contributed by atoms with Crippen LogP contribution in [-0.2, 0) is 13.2 Å². The number of benzene rings is 2. The number of thiazole rings is 1. The highest BCUT2D eigenvalue weighted by atomic mass is 32.1. The predicted molar refractivity (Wildman–Crippen MR) is 107 cm³/mol. The van der Waals surface area contributed by atoms with E-state index in [2.05, 4.69) is 4.98 Å². The van der Waals surface area contributed by atoms with Gasteiger partial charge in [-0.2, -0.15) is 13.2 Å². The summed E-state index contributed by atoms with van der Waals surface area (Å²) in [6.45, 7) is -1.98. The number of carbonyl (C=O) groups is 1. The summed E-state index contributed by atoms with van der Waals surface area (Å²) in [6.07, 6.45) is -4.68. The van der Waals surface area contributed by atoms with Crippen LogP contribution in [0.4, 0.5) is 18.9 Å². The molecule has 1 heterocycles. The molecule has 1 aromatic heterocycles. The summed E-state index contributed by atoms with van der Waals surface area (Å²) in [5, 5.41) is 13.0. The summed E-state index contributed by atoms with van der Waals surface area (Å²) in [6, 6.07) is 11.1. The van der Waals surface area contributed by atoms with Crippen LogP contribution < -0.4 is 4.74 Å². The van der Waals surface area contributed by atoms with Crippen LogP contribution in [0.25, 0.3) is 0 Å². The van der Waals surface area contributed by atoms with E-state index in [4.69, 9.17) is 4.74 Å². The molecule has 0 radical (unpaired) electrons. The van der Waals surface area contributed by atoms with E-state index >= 15 is 0 Å². The normalized spacial score (nSPS) is 11.2. The van der Waals surface area contributed by atoms with Crippen molar-refractivity contribution >= 4 is 22.9 Å². The summed E-state index contributed by atoms with van der Waals surface area (Å²) in [5.41, 5.74) is 1.93. The number of para-hydroxylation sites is 1. The second-order valence-corrected chi connectivity index (χ2v) is 7.18. The Bertz CT molecular complexity index is 1060. The molecule has 0 saturated carbocycles. The lowest BCUT2D eigenvalue weighted by molar-refractivity contribution is -0.385. The van der Waals surface area contributed by atoms with Crippen molar-refractivity contribution in [1.82, 2.24) is 9.88 Å². The first-order valence-electron chi connectivity index (χ1n) is 8.91. The molecule has 1 amide bonds. The molecule has 0 aliphatic heterocycles. The number of nitrogens with zero attached hydrogens (tertiary/aromatic N) is 3. The van der Waals surface area contributed by atoms with Gasteiger partial charge in [-0.15, -0.1) is 11.3 Å². The quantitative estimate of drug-likeness (QED) is 0.362. The first kappa shape index (κ1) is 22.2. The van der Waals surface area contributed by atoms with Crippen LogP contribution in [0.1, 0.15) is 21.6 Å². The number of halogens is 3. The molecule has 0 aliphatic rings. The number of nitro groups is 1. The summed E-state index contributed by atoms with van der Waals surface area (Å²) in [7, 11) is 0. The van der Waals surface area contributed by atoms with Crippen molar-refractivity contribution in [1.29, 1.82) is 0 Å². The molecule has 31 heavy (non-hydrogen) atoms. The molecule has 0 aliphatic carbocycles. The molecular formula is C20H16F3N3O4S. The maximum absolute atomic E-state index is 13.1. The number of ether oxygens (including phenoxy) is 1. The molecule has 0 atom stereocenters. The second kappa shape index (κ2) is 9.56. The Morgan fingerprint density at radius 1 is 1.19 bits per heavy atom. The van der Waals surface area contributed by atoms with E-state index in [1.165, 1.54) is 53.8 Å². The number of hydrogen-bond donors (Lipinski definition) is 0. The van der Waals surface area contributed by atoms with Crippen molar-refractivity contribution in [3.8, 4) is 5.75 Å². The first-order valence-corrected chi connectivity index (χ1v) is 9.85. The molecule has 0 bridgehead atoms. The third-order valence-corrected chi connectivity index (χ3v) is 4.79. The van der Waals surface area contributed by atoms with Gasteiger partial charge in [0, 0.05) is 22.6 Å². The van der Waals surface area contributed by atoms with Crippen LogP contribution in [0.5, 0.6) is 5.75 Å². The lowest BCUT2D eigenvalue weighted by Gasteiger charge is -2.24. The number of alkyl halides is 3. The van der Waals surface area contributed by atoms with Gasteiger partial charge in [-0.25, -0.2) is 4.98 Å². The van der Waals surface area contributed by atoms with Gasteiger partial charge in [-0.3, -0.25) is 14.9 Å². The molecule has 0 unspecified atom stereocenters. The zero-order chi connectivity index (χ0) is 22.4. The van der Waals surface area contributed by atoms with Crippen molar-refractivity contribution in [3.63, 3.8) is 0 Å². The minimum Gasteiger partial charge on any atom is -0.487 e. The summed E-state index contributed by atoms with van der Waals surface area (Å²) >= 11 is 1.39. The Morgan fingerprint density at radius 2 is 1.97 bits per heavy atom. The summed E-state index contributed by atoms with van der Waals surface area (Å²) < 4.78 is 45.0. The second-order valence-electron chi connectivity index (χ2n) is 6.46. The maximum atomic E-state index is 13.1. The van der Waals surface area contributed by atoms with Crippen molar-refractivity contribution in [2.75, 3.05) is 6.54 Å². The van der Waals surface area contributed by atoms with Crippen LogP contribution in [0.15, 0.2) is 59.4 Å². The van der Waals surface area contributed by atoms with Crippen molar-refractivity contribution < 1.29 is 27.6 Å². The van der Waals surface area contributed by atoms with E-state index < -0.39 is 30.1 Å². The Kier molecular flexibility index (Phi) is 6.85. The molecule has 3 aromatic rings. The van der Waals surface area contributed by atoms with Crippen molar-refractivity contribution in [3.05, 3.63) is 86.4 Å². The van der Waals surface area contributed by atoms with E-state index in [-0.39, 0.29) is 29.2 Å². The average molecular weight is 451 g/mol. The summed E-state index contributed by atoms with van der Waals surface area (Å²) in [5.74, 6) is -0.633. The Labute approximate surface area is 178 Å². The molecule has 0 spiro atoms. The van der Waals surface area contributed by atoms with E-state index in [1.54, 1.807) is 17.0 Å². The van der Waals surface area contributed by atoms with Gasteiger partial charge in [0.15, 0.2) is 0 Å². The largest absolute Gasteiger partial charge is 0.487 e. The Morgan fingerprint density at radius 3 is 2.65 bits per heavy atom. The monoisotopic (exact) mass is 451 g/mol. The van der Waals surface area contributed by atoms with E-state index in [1.807, 2.05) is 0 Å². The third kappa shape index (κ3) is 6.25. The Balaban J connectivity index is 1.83. The summed E-state index contributed by atoms with van der Waals surface area (Å²) in [4.78, 5) is 28.0. The highest BCUT2D eigenvalue weighted by Gasteiger charge is 2.34. The molecule has 3 rings (SSSR count). The number of aromatic nitrogens is 1. The molecule has 0 fully saturated rings. The number of hydrogen-bond acceptors (Lipinski definition) is 6. The van der Waals surface area contributed by atoms with Crippen molar-refractivity contribution in [2.24, 2.45) is 0 Å². The molecule has 162 valence electrons. The molecular weight excluding hydrogens is 435 g/mol. The van der Waals surface area contributed by atoms with E-state index in [9.17, 15) is 28.1 Å². The highest BCUT2D eigenvalue weighted by molar-refractivity contribution is 7.07. The third-order valence-electron chi connectivity index (χ3n) is 4.16. The topological polar surface area (TPSA) is 85.6 Å². The standard InChI is InChI=1S/C20H16F3N3O4S/c21-20(22,23)12-25(9-15-4-1-2-7-18(15)26(28)29)19(27)14-5-3-6-17(8-14)30-10-16-11-31-13-24-16/h1-8,11,13H,9-10,12H2. The highest BCUT2D eigenvalue weighted by Crippen LogP contribution is 2.25. The zero-order valence-electron chi connectivity index (χ0n) is 15.9. The van der Waals surface area contributed by atoms with Gasteiger partial charge < -0.3 is 9.64 Å². The number of nitro benzene ring substituents is 1. The lowest BCUT2D eigenvalue weighted by Crippen LogP contribution is -2.38. The van der Waals surface area contributed by atoms with E-state index in [0.717, 1.165) is 0 Å². The van der Waals surface area contributed by atoms with Gasteiger partial charge in [0.1, 0.15) is 18.9 Å². The van der Waals surface area contributed by atoms with E-state index in [0.29, 0.717) is 10.6 Å². The SMILES string of the molecule is O=C(c1cccc(OCc2cscn2)c1)N(Cc1ccccc1[N+](=O)[O-])CC(F)(F)F. The van der Waals surface area contributed by atoms with Gasteiger partial charge in [0.2, 0.25) is 0 Å². The van der Waals surface area contributed by atoms with Crippen LogP contribution in [0.2, 0.25) is 0 Å². The molecule has 2 aromatic carbocycles. The predicted octanol–water partition coefficient (Wildman–Crippen LogP) is 4.84. The smallest absolute Gasteiger partial charge is 0.406 e. The molecule has 0 N–H and O–H groups in total. The zero-order valence-corrected chi connectivity index (χ0v) is 16.7. The van der Waals surface area contributed by atoms with Gasteiger partial charge in [0.05, 0.1) is 22.7 Å². The fourth-order valence-electron chi connectivity index (χ4n) is 2.81. The first-order chi connectivity index (χ1) is 14.7. The van der Waals surface area contributed by atoms with Crippen LogP contribution in [0, 0.1) is 10.1 Å². The van der Waals surface area contributed by atoms with Crippen LogP contribution in [-0.4, -0.2) is 33.4 Å². The minimum atomic E-state index is -4.68. The number of carbonyl (C=O) groups excluding carboxylic acids is 1. The number of amides is 1. The molecule has 0 saturated heterocycles. The van der Waals surface area contributed by atoms with Gasteiger partial charge in [-0.05, 0) is 18.2 Å². The fourth-order valence-corrected chi connectivity index (χ4v) is 3.35. The molecule has 11 heteroatoms. The van der Waals surface area contributed by atoms with Crippen LogP contribution in [0.3, 0.4) is 0 Å².